The highest BCUT2D eigenvalue weighted by molar-refractivity contribution is 9.10. The summed E-state index contributed by atoms with van der Waals surface area (Å²) in [5.74, 6) is -2.38. The average Bonchev–Trinajstić information content (AvgIpc) is 2.21. The van der Waals surface area contributed by atoms with E-state index in [1.54, 1.807) is 0 Å². The van der Waals surface area contributed by atoms with Crippen molar-refractivity contribution in [1.29, 1.82) is 0 Å². The highest BCUT2D eigenvalue weighted by Crippen LogP contribution is 2.26. The molecule has 0 saturated carbocycles. The first-order valence-electron chi connectivity index (χ1n) is 4.97. The van der Waals surface area contributed by atoms with Gasteiger partial charge in [-0.25, -0.2) is 12.8 Å². The van der Waals surface area contributed by atoms with Crippen molar-refractivity contribution >= 4 is 31.7 Å². The van der Waals surface area contributed by atoms with Crippen LogP contribution in [0, 0.1) is 5.82 Å². The molecule has 0 fully saturated rings. The van der Waals surface area contributed by atoms with Crippen molar-refractivity contribution in [1.82, 2.24) is 0 Å². The third kappa shape index (κ3) is 2.89. The molecule has 1 aromatic rings. The molecule has 1 aromatic carbocycles. The van der Waals surface area contributed by atoms with Gasteiger partial charge in [-0.2, -0.15) is 0 Å². The number of carboxylic acid groups (broad SMARTS) is 1. The van der Waals surface area contributed by atoms with Crippen LogP contribution in [0.25, 0.3) is 0 Å². The topological polar surface area (TPSA) is 71.4 Å². The molecule has 0 radical (unpaired) electrons. The Balaban J connectivity index is 3.15. The lowest BCUT2D eigenvalue weighted by atomic mass is 10.2. The summed E-state index contributed by atoms with van der Waals surface area (Å²) in [6, 6.07) is 3.58. The van der Waals surface area contributed by atoms with Gasteiger partial charge in [-0.3, -0.25) is 4.79 Å². The fourth-order valence-electron chi connectivity index (χ4n) is 1.16. The SMILES string of the molecule is CC(C)(C(=O)O)S(=O)(=O)Cc1ccc(F)cc1Br. The van der Waals surface area contributed by atoms with Gasteiger partial charge in [-0.1, -0.05) is 22.0 Å². The first-order valence-corrected chi connectivity index (χ1v) is 7.42. The molecule has 0 heterocycles. The van der Waals surface area contributed by atoms with E-state index in [9.17, 15) is 17.6 Å². The van der Waals surface area contributed by atoms with Crippen molar-refractivity contribution in [2.24, 2.45) is 0 Å². The van der Waals surface area contributed by atoms with Crippen LogP contribution in [0.15, 0.2) is 22.7 Å². The van der Waals surface area contributed by atoms with Crippen molar-refractivity contribution in [3.8, 4) is 0 Å². The Labute approximate surface area is 113 Å². The Kier molecular flexibility index (Phi) is 4.17. The average molecular weight is 339 g/mol. The number of carbonyl (C=O) groups is 1. The lowest BCUT2D eigenvalue weighted by Crippen LogP contribution is -2.41. The van der Waals surface area contributed by atoms with Crippen LogP contribution in [-0.2, 0) is 20.4 Å². The number of hydrogen-bond donors (Lipinski definition) is 1. The number of carboxylic acids is 1. The van der Waals surface area contributed by atoms with Gasteiger partial charge in [0.2, 0.25) is 0 Å². The van der Waals surface area contributed by atoms with E-state index in [-0.39, 0.29) is 0 Å². The van der Waals surface area contributed by atoms with Gasteiger partial charge in [0.15, 0.2) is 14.6 Å². The monoisotopic (exact) mass is 338 g/mol. The third-order valence-electron chi connectivity index (χ3n) is 2.65. The lowest BCUT2D eigenvalue weighted by molar-refractivity contribution is -0.139. The van der Waals surface area contributed by atoms with E-state index in [1.165, 1.54) is 6.07 Å². The zero-order valence-electron chi connectivity index (χ0n) is 9.78. The molecular formula is C11H12BrFO4S. The molecule has 1 rings (SSSR count). The van der Waals surface area contributed by atoms with Crippen LogP contribution >= 0.6 is 15.9 Å². The molecule has 0 spiro atoms. The van der Waals surface area contributed by atoms with Gasteiger partial charge in [0, 0.05) is 4.47 Å². The highest BCUT2D eigenvalue weighted by Gasteiger charge is 2.41. The fraction of sp³-hybridized carbons (Fsp3) is 0.364. The summed E-state index contributed by atoms with van der Waals surface area (Å²) in [5, 5.41) is 8.92. The van der Waals surface area contributed by atoms with Crippen LogP contribution in [0.3, 0.4) is 0 Å². The molecule has 0 saturated heterocycles. The highest BCUT2D eigenvalue weighted by atomic mass is 79.9. The molecule has 0 atom stereocenters. The van der Waals surface area contributed by atoms with Crippen LogP contribution in [0.2, 0.25) is 0 Å². The standard InChI is InChI=1S/C11H12BrFO4S/c1-11(2,10(14)15)18(16,17)6-7-3-4-8(13)5-9(7)12/h3-5H,6H2,1-2H3,(H,14,15). The Morgan fingerprint density at radius 1 is 1.44 bits per heavy atom. The smallest absolute Gasteiger partial charge is 0.324 e. The van der Waals surface area contributed by atoms with Crippen molar-refractivity contribution < 1.29 is 22.7 Å². The van der Waals surface area contributed by atoms with Gasteiger partial charge < -0.3 is 5.11 Å². The van der Waals surface area contributed by atoms with E-state index in [0.29, 0.717) is 10.0 Å². The third-order valence-corrected chi connectivity index (χ3v) is 5.81. The van der Waals surface area contributed by atoms with E-state index in [2.05, 4.69) is 15.9 Å². The first-order chi connectivity index (χ1) is 8.08. The molecule has 0 unspecified atom stereocenters. The molecule has 0 amide bonds. The summed E-state index contributed by atoms with van der Waals surface area (Å²) >= 11 is 3.05. The lowest BCUT2D eigenvalue weighted by Gasteiger charge is -2.20. The van der Waals surface area contributed by atoms with E-state index in [0.717, 1.165) is 26.0 Å². The van der Waals surface area contributed by atoms with Gasteiger partial charge in [-0.15, -0.1) is 0 Å². The molecule has 4 nitrogen and oxygen atoms in total. The van der Waals surface area contributed by atoms with Gasteiger partial charge in [0.25, 0.3) is 0 Å². The zero-order valence-corrected chi connectivity index (χ0v) is 12.2. The van der Waals surface area contributed by atoms with Crippen molar-refractivity contribution in [3.05, 3.63) is 34.1 Å². The number of halogens is 2. The number of benzene rings is 1. The van der Waals surface area contributed by atoms with Crippen LogP contribution in [0.5, 0.6) is 0 Å². The Morgan fingerprint density at radius 3 is 2.44 bits per heavy atom. The fourth-order valence-corrected chi connectivity index (χ4v) is 3.12. The minimum atomic E-state index is -3.90. The maximum absolute atomic E-state index is 12.9. The maximum atomic E-state index is 12.9. The molecule has 18 heavy (non-hydrogen) atoms. The normalized spacial score (nSPS) is 12.4. The van der Waals surface area contributed by atoms with Gasteiger partial charge in [0.05, 0.1) is 5.75 Å². The maximum Gasteiger partial charge on any atom is 0.324 e. The Bertz CT molecular complexity index is 581. The minimum Gasteiger partial charge on any atom is -0.480 e. The minimum absolute atomic E-state index is 0.298. The van der Waals surface area contributed by atoms with Crippen molar-refractivity contribution in [3.63, 3.8) is 0 Å². The molecule has 0 aliphatic rings. The Morgan fingerprint density at radius 2 is 2.00 bits per heavy atom. The number of aliphatic carboxylic acids is 1. The number of rotatable bonds is 4. The number of hydrogen-bond acceptors (Lipinski definition) is 3. The predicted octanol–water partition coefficient (Wildman–Crippen LogP) is 2.37. The van der Waals surface area contributed by atoms with Crippen LogP contribution in [0.4, 0.5) is 4.39 Å². The Hall–Kier alpha value is -0.950. The summed E-state index contributed by atoms with van der Waals surface area (Å²) in [5.41, 5.74) is 0.325. The van der Waals surface area contributed by atoms with E-state index >= 15 is 0 Å². The second-order valence-electron chi connectivity index (χ2n) is 4.31. The molecule has 0 aliphatic carbocycles. The van der Waals surface area contributed by atoms with E-state index in [1.807, 2.05) is 0 Å². The molecular weight excluding hydrogens is 327 g/mol. The van der Waals surface area contributed by atoms with Gasteiger partial charge >= 0.3 is 5.97 Å². The van der Waals surface area contributed by atoms with E-state index in [4.69, 9.17) is 5.11 Å². The summed E-state index contributed by atoms with van der Waals surface area (Å²) in [7, 11) is -3.90. The molecule has 0 aliphatic heterocycles. The first kappa shape index (κ1) is 15.1. The summed E-state index contributed by atoms with van der Waals surface area (Å²) < 4.78 is 35.3. The predicted molar refractivity (Wildman–Crippen MR) is 68.4 cm³/mol. The van der Waals surface area contributed by atoms with Gasteiger partial charge in [-0.05, 0) is 31.5 Å². The second kappa shape index (κ2) is 4.97. The van der Waals surface area contributed by atoms with Crippen LogP contribution in [0.1, 0.15) is 19.4 Å². The molecule has 0 aromatic heterocycles. The molecule has 100 valence electrons. The zero-order chi connectivity index (χ0) is 14.1. The summed E-state index contributed by atoms with van der Waals surface area (Å²) in [4.78, 5) is 10.9. The molecule has 0 bridgehead atoms. The molecule has 1 N–H and O–H groups in total. The van der Waals surface area contributed by atoms with Crippen LogP contribution < -0.4 is 0 Å². The summed E-state index contributed by atoms with van der Waals surface area (Å²) in [6.45, 7) is 2.25. The summed E-state index contributed by atoms with van der Waals surface area (Å²) in [6.07, 6.45) is 0. The quantitative estimate of drug-likeness (QED) is 0.914. The van der Waals surface area contributed by atoms with Gasteiger partial charge in [0.1, 0.15) is 5.82 Å². The van der Waals surface area contributed by atoms with Crippen molar-refractivity contribution in [2.45, 2.75) is 24.3 Å². The van der Waals surface area contributed by atoms with E-state index < -0.39 is 32.1 Å². The largest absolute Gasteiger partial charge is 0.480 e. The van der Waals surface area contributed by atoms with Crippen LogP contribution in [-0.4, -0.2) is 24.2 Å². The number of sulfone groups is 1. The molecule has 7 heteroatoms. The van der Waals surface area contributed by atoms with Crippen molar-refractivity contribution in [2.75, 3.05) is 0 Å². The second-order valence-corrected chi connectivity index (χ2v) is 7.70.